The smallest absolute Gasteiger partial charge is 0.166 e. The third kappa shape index (κ3) is 2.94. The summed E-state index contributed by atoms with van der Waals surface area (Å²) in [6.45, 7) is 2.17. The summed E-state index contributed by atoms with van der Waals surface area (Å²) in [7, 11) is 0. The fraction of sp³-hybridized carbons (Fsp3) is 0.615. The second-order valence-electron chi connectivity index (χ2n) is 4.74. The molecule has 0 spiro atoms. The maximum absolute atomic E-state index is 8.98. The molecule has 1 heterocycles. The molecule has 1 fully saturated rings. The number of hydrogen-bond donors (Lipinski definition) is 1. The van der Waals surface area contributed by atoms with Crippen LogP contribution in [0.25, 0.3) is 0 Å². The molecule has 0 amide bonds. The molecule has 1 saturated carbocycles. The highest BCUT2D eigenvalue weighted by atomic mass is 15.2. The van der Waals surface area contributed by atoms with Crippen LogP contribution in [0, 0.1) is 17.2 Å². The van der Waals surface area contributed by atoms with E-state index < -0.39 is 0 Å². The minimum atomic E-state index is 0.360. The summed E-state index contributed by atoms with van der Waals surface area (Å²) in [5.74, 6) is 1.31. The lowest BCUT2D eigenvalue weighted by Gasteiger charge is -2.28. The van der Waals surface area contributed by atoms with Crippen LogP contribution in [0.5, 0.6) is 0 Å². The molecule has 2 rings (SSSR count). The Balaban J connectivity index is 2.02. The summed E-state index contributed by atoms with van der Waals surface area (Å²) in [4.78, 5) is 0. The van der Waals surface area contributed by atoms with Crippen LogP contribution in [0.2, 0.25) is 0 Å². The number of nitriles is 1. The van der Waals surface area contributed by atoms with E-state index in [1.807, 2.05) is 0 Å². The van der Waals surface area contributed by atoms with E-state index in [0.29, 0.717) is 23.3 Å². The average Bonchev–Trinajstić information content (AvgIpc) is 2.40. The van der Waals surface area contributed by atoms with E-state index in [2.05, 4.69) is 28.5 Å². The van der Waals surface area contributed by atoms with Gasteiger partial charge in [0.25, 0.3) is 0 Å². The van der Waals surface area contributed by atoms with Crippen LogP contribution >= 0.6 is 0 Å². The predicted molar refractivity (Wildman–Crippen MR) is 66.4 cm³/mol. The maximum atomic E-state index is 8.98. The average molecular weight is 230 g/mol. The normalized spacial score (nSPS) is 18.4. The molecule has 1 aliphatic carbocycles. The van der Waals surface area contributed by atoms with Crippen LogP contribution in [0.3, 0.4) is 0 Å². The van der Waals surface area contributed by atoms with Crippen molar-refractivity contribution in [2.45, 2.75) is 45.1 Å². The lowest BCUT2D eigenvalue weighted by atomic mass is 9.84. The van der Waals surface area contributed by atoms with E-state index in [-0.39, 0.29) is 0 Å². The van der Waals surface area contributed by atoms with Crippen LogP contribution in [0.15, 0.2) is 12.3 Å². The van der Waals surface area contributed by atoms with Gasteiger partial charge in [0.2, 0.25) is 0 Å². The standard InChI is InChI=1S/C13H18N4/c1-10(11-5-3-2-4-6-11)16-13-12(9-14)7-8-15-17-13/h7-8,10-11H,2-6H2,1H3,(H,16,17). The molecule has 1 atom stereocenters. The largest absolute Gasteiger partial charge is 0.365 e. The Morgan fingerprint density at radius 1 is 1.41 bits per heavy atom. The van der Waals surface area contributed by atoms with Crippen molar-refractivity contribution in [1.82, 2.24) is 10.2 Å². The van der Waals surface area contributed by atoms with Gasteiger partial charge in [-0.05, 0) is 31.7 Å². The molecule has 90 valence electrons. The van der Waals surface area contributed by atoms with Gasteiger partial charge in [0, 0.05) is 6.04 Å². The summed E-state index contributed by atoms with van der Waals surface area (Å²) in [5, 5.41) is 20.1. The van der Waals surface area contributed by atoms with E-state index in [1.165, 1.54) is 32.1 Å². The number of nitrogens with zero attached hydrogens (tertiary/aromatic N) is 3. The zero-order chi connectivity index (χ0) is 12.1. The topological polar surface area (TPSA) is 61.6 Å². The maximum Gasteiger partial charge on any atom is 0.166 e. The number of rotatable bonds is 3. The third-order valence-corrected chi connectivity index (χ3v) is 3.56. The predicted octanol–water partition coefficient (Wildman–Crippen LogP) is 2.73. The quantitative estimate of drug-likeness (QED) is 0.867. The Morgan fingerprint density at radius 3 is 2.88 bits per heavy atom. The Kier molecular flexibility index (Phi) is 3.92. The molecule has 1 aliphatic rings. The molecule has 1 aromatic heterocycles. The first-order chi connectivity index (χ1) is 8.31. The van der Waals surface area contributed by atoms with Crippen LogP contribution in [-0.2, 0) is 0 Å². The van der Waals surface area contributed by atoms with Crippen LogP contribution in [0.1, 0.15) is 44.6 Å². The first-order valence-corrected chi connectivity index (χ1v) is 6.29. The van der Waals surface area contributed by atoms with Gasteiger partial charge in [-0.1, -0.05) is 19.3 Å². The van der Waals surface area contributed by atoms with E-state index in [1.54, 1.807) is 12.3 Å². The summed E-state index contributed by atoms with van der Waals surface area (Å²) >= 11 is 0. The van der Waals surface area contributed by atoms with Crippen molar-refractivity contribution >= 4 is 5.82 Å². The minimum Gasteiger partial charge on any atom is -0.365 e. The van der Waals surface area contributed by atoms with Crippen LogP contribution in [0.4, 0.5) is 5.82 Å². The molecule has 0 aromatic carbocycles. The first kappa shape index (κ1) is 11.8. The molecule has 4 heteroatoms. The second kappa shape index (κ2) is 5.62. The lowest BCUT2D eigenvalue weighted by Crippen LogP contribution is -2.28. The third-order valence-electron chi connectivity index (χ3n) is 3.56. The van der Waals surface area contributed by atoms with Gasteiger partial charge in [0.15, 0.2) is 5.82 Å². The Bertz CT molecular complexity index is 404. The second-order valence-corrected chi connectivity index (χ2v) is 4.74. The molecule has 0 bridgehead atoms. The zero-order valence-corrected chi connectivity index (χ0v) is 10.2. The molecular formula is C13H18N4. The van der Waals surface area contributed by atoms with Crippen LogP contribution in [-0.4, -0.2) is 16.2 Å². The molecule has 1 aromatic rings. The van der Waals surface area contributed by atoms with E-state index in [0.717, 1.165) is 0 Å². The van der Waals surface area contributed by atoms with Crippen molar-refractivity contribution in [1.29, 1.82) is 5.26 Å². The van der Waals surface area contributed by atoms with Gasteiger partial charge < -0.3 is 5.32 Å². The van der Waals surface area contributed by atoms with Crippen molar-refractivity contribution in [3.05, 3.63) is 17.8 Å². The zero-order valence-electron chi connectivity index (χ0n) is 10.2. The van der Waals surface area contributed by atoms with Gasteiger partial charge in [-0.3, -0.25) is 0 Å². The Hall–Kier alpha value is -1.63. The van der Waals surface area contributed by atoms with Crippen LogP contribution < -0.4 is 5.32 Å². The van der Waals surface area contributed by atoms with Gasteiger partial charge in [-0.15, -0.1) is 5.10 Å². The Labute approximate surface area is 102 Å². The SMILES string of the molecule is CC(Nc1nnccc1C#N)C1CCCCC1. The van der Waals surface area contributed by atoms with Gasteiger partial charge in [0.05, 0.1) is 11.8 Å². The summed E-state index contributed by atoms with van der Waals surface area (Å²) in [6.07, 6.45) is 8.10. The first-order valence-electron chi connectivity index (χ1n) is 6.29. The van der Waals surface area contributed by atoms with Crippen molar-refractivity contribution < 1.29 is 0 Å². The molecule has 17 heavy (non-hydrogen) atoms. The number of hydrogen-bond acceptors (Lipinski definition) is 4. The van der Waals surface area contributed by atoms with Gasteiger partial charge in [-0.25, -0.2) is 0 Å². The molecule has 1 N–H and O–H groups in total. The van der Waals surface area contributed by atoms with Gasteiger partial charge >= 0.3 is 0 Å². The van der Waals surface area contributed by atoms with E-state index in [4.69, 9.17) is 5.26 Å². The molecule has 0 saturated heterocycles. The van der Waals surface area contributed by atoms with E-state index in [9.17, 15) is 0 Å². The lowest BCUT2D eigenvalue weighted by molar-refractivity contribution is 0.328. The fourth-order valence-corrected chi connectivity index (χ4v) is 2.50. The number of aromatic nitrogens is 2. The van der Waals surface area contributed by atoms with Crippen molar-refractivity contribution in [3.8, 4) is 6.07 Å². The number of anilines is 1. The minimum absolute atomic E-state index is 0.360. The van der Waals surface area contributed by atoms with E-state index >= 15 is 0 Å². The molecule has 0 aliphatic heterocycles. The molecule has 1 unspecified atom stereocenters. The molecule has 4 nitrogen and oxygen atoms in total. The Morgan fingerprint density at radius 2 is 2.18 bits per heavy atom. The highest BCUT2D eigenvalue weighted by molar-refractivity contribution is 5.50. The van der Waals surface area contributed by atoms with Gasteiger partial charge in [0.1, 0.15) is 6.07 Å². The highest BCUT2D eigenvalue weighted by Crippen LogP contribution is 2.28. The summed E-state index contributed by atoms with van der Waals surface area (Å²) in [5.41, 5.74) is 0.572. The van der Waals surface area contributed by atoms with Gasteiger partial charge in [-0.2, -0.15) is 10.4 Å². The highest BCUT2D eigenvalue weighted by Gasteiger charge is 2.20. The summed E-state index contributed by atoms with van der Waals surface area (Å²) < 4.78 is 0. The summed E-state index contributed by atoms with van der Waals surface area (Å²) in [6, 6.07) is 4.20. The number of nitrogens with one attached hydrogen (secondary N) is 1. The van der Waals surface area contributed by atoms with Crippen molar-refractivity contribution in [2.24, 2.45) is 5.92 Å². The fourth-order valence-electron chi connectivity index (χ4n) is 2.50. The van der Waals surface area contributed by atoms with Crippen molar-refractivity contribution in [3.63, 3.8) is 0 Å². The molecule has 0 radical (unpaired) electrons. The van der Waals surface area contributed by atoms with Crippen molar-refractivity contribution in [2.75, 3.05) is 5.32 Å². The molecular weight excluding hydrogens is 212 g/mol. The monoisotopic (exact) mass is 230 g/mol.